The molecule has 0 radical (unpaired) electrons. The van der Waals surface area contributed by atoms with E-state index >= 15 is 0 Å². The molecule has 0 aromatic heterocycles. The number of imide groups is 1. The summed E-state index contributed by atoms with van der Waals surface area (Å²) >= 11 is 0. The minimum Gasteiger partial charge on any atom is -0.387 e. The maximum Gasteiger partial charge on any atom is 0.435 e. The van der Waals surface area contributed by atoms with Crippen LogP contribution in [-0.4, -0.2) is 42.4 Å². The average Bonchev–Trinajstić information content (AvgIpc) is 2.70. The molecule has 2 aliphatic rings. The molecule has 32 heavy (non-hydrogen) atoms. The summed E-state index contributed by atoms with van der Waals surface area (Å²) in [4.78, 5) is 25.3. The molecule has 0 atom stereocenters. The van der Waals surface area contributed by atoms with Gasteiger partial charge in [0.25, 0.3) is 0 Å². The van der Waals surface area contributed by atoms with Crippen LogP contribution in [-0.2, 0) is 17.0 Å². The highest BCUT2D eigenvalue weighted by atomic mass is 19.4. The van der Waals surface area contributed by atoms with E-state index in [0.29, 0.717) is 29.2 Å². The number of hydrogen-bond donors (Lipinski definition) is 2. The van der Waals surface area contributed by atoms with E-state index in [1.54, 1.807) is 18.4 Å². The summed E-state index contributed by atoms with van der Waals surface area (Å²) in [5, 5.41) is 3.78. The van der Waals surface area contributed by atoms with E-state index in [9.17, 15) is 40.3 Å². The number of nitrogens with one attached hydrogen (secondary N) is 2. The molecule has 3 amide bonds. The van der Waals surface area contributed by atoms with Crippen LogP contribution in [0, 0.1) is 0 Å². The number of hydrazine groups is 1. The lowest BCUT2D eigenvalue weighted by molar-refractivity contribution is -0.348. The highest BCUT2D eigenvalue weighted by Crippen LogP contribution is 2.53. The van der Waals surface area contributed by atoms with Gasteiger partial charge in [0.05, 0.1) is 12.2 Å². The lowest BCUT2D eigenvalue weighted by Crippen LogP contribution is -2.55. The molecule has 2 aliphatic heterocycles. The van der Waals surface area contributed by atoms with Crippen molar-refractivity contribution >= 4 is 17.6 Å². The van der Waals surface area contributed by atoms with Gasteiger partial charge >= 0.3 is 24.1 Å². The van der Waals surface area contributed by atoms with Gasteiger partial charge in [-0.1, -0.05) is 18.2 Å². The molecule has 0 bridgehead atoms. The van der Waals surface area contributed by atoms with Gasteiger partial charge in [0.15, 0.2) is 0 Å². The molecule has 174 valence electrons. The second-order valence-electron chi connectivity index (χ2n) is 7.09. The van der Waals surface area contributed by atoms with Crippen molar-refractivity contribution in [3.05, 3.63) is 53.3 Å². The highest BCUT2D eigenvalue weighted by molar-refractivity contribution is 6.14. The van der Waals surface area contributed by atoms with Crippen molar-refractivity contribution in [2.24, 2.45) is 0 Å². The summed E-state index contributed by atoms with van der Waals surface area (Å²) in [6.45, 7) is 1.15. The fraction of sp³-hybridized carbons (Fsp3) is 0.368. The second kappa shape index (κ2) is 8.11. The van der Waals surface area contributed by atoms with Crippen molar-refractivity contribution in [3.63, 3.8) is 0 Å². The largest absolute Gasteiger partial charge is 0.435 e. The number of dihydropyridines is 1. The lowest BCUT2D eigenvalue weighted by atomic mass is 9.91. The number of alkyl halides is 7. The highest BCUT2D eigenvalue weighted by Gasteiger charge is 2.73. The van der Waals surface area contributed by atoms with Gasteiger partial charge < -0.3 is 5.32 Å². The minimum atomic E-state index is -6.28. The molecule has 0 spiro atoms. The molecular weight excluding hydrogens is 449 g/mol. The molecule has 0 aliphatic carbocycles. The van der Waals surface area contributed by atoms with E-state index in [1.165, 1.54) is 0 Å². The number of nitrogens with zero attached hydrogens (tertiary/aromatic N) is 2. The van der Waals surface area contributed by atoms with E-state index in [1.807, 2.05) is 0 Å². The zero-order chi connectivity index (χ0) is 23.9. The summed E-state index contributed by atoms with van der Waals surface area (Å²) in [7, 11) is 0. The van der Waals surface area contributed by atoms with Crippen LogP contribution in [0.25, 0.3) is 0 Å². The van der Waals surface area contributed by atoms with E-state index in [2.05, 4.69) is 10.7 Å². The van der Waals surface area contributed by atoms with E-state index < -0.39 is 42.1 Å². The molecule has 1 aromatic carbocycles. The van der Waals surface area contributed by atoms with Gasteiger partial charge in [-0.25, -0.2) is 19.5 Å². The average molecular weight is 466 g/mol. The zero-order valence-electron chi connectivity index (χ0n) is 16.4. The Balaban J connectivity index is 2.01. The summed E-state index contributed by atoms with van der Waals surface area (Å²) in [5.74, 6) is -0.827. The van der Waals surface area contributed by atoms with E-state index in [4.69, 9.17) is 0 Å². The second-order valence-corrected chi connectivity index (χ2v) is 7.09. The Bertz CT molecular complexity index is 971. The van der Waals surface area contributed by atoms with Crippen molar-refractivity contribution in [1.82, 2.24) is 15.8 Å². The molecule has 0 saturated heterocycles. The van der Waals surface area contributed by atoms with Crippen LogP contribution >= 0.6 is 0 Å². The molecule has 1 aromatic rings. The quantitative estimate of drug-likeness (QED) is 0.663. The Morgan fingerprint density at radius 1 is 1.12 bits per heavy atom. The molecule has 0 fully saturated rings. The third-order valence-electron chi connectivity index (χ3n) is 4.89. The number of rotatable bonds is 4. The zero-order valence-corrected chi connectivity index (χ0v) is 16.4. The van der Waals surface area contributed by atoms with Crippen LogP contribution < -0.4 is 15.6 Å². The van der Waals surface area contributed by atoms with Crippen LogP contribution in [0.4, 0.5) is 41.2 Å². The number of anilines is 1. The molecule has 2 heterocycles. The van der Waals surface area contributed by atoms with Crippen LogP contribution in [0.3, 0.4) is 0 Å². The molecule has 2 N–H and O–H groups in total. The maximum absolute atomic E-state index is 14.5. The summed E-state index contributed by atoms with van der Waals surface area (Å²) in [5.41, 5.74) is -4.46. The molecule has 3 rings (SSSR count). The predicted octanol–water partition coefficient (Wildman–Crippen LogP) is 3.81. The third kappa shape index (κ3) is 4.04. The fourth-order valence-electron chi connectivity index (χ4n) is 3.34. The number of benzene rings is 1. The van der Waals surface area contributed by atoms with Gasteiger partial charge in [0.1, 0.15) is 0 Å². The number of carbonyl (C=O) groups is 2. The van der Waals surface area contributed by atoms with Gasteiger partial charge in [-0.2, -0.15) is 26.3 Å². The van der Waals surface area contributed by atoms with Crippen molar-refractivity contribution in [1.29, 1.82) is 0 Å². The van der Waals surface area contributed by atoms with Gasteiger partial charge in [-0.15, -0.1) is 0 Å². The Labute approximate surface area is 177 Å². The van der Waals surface area contributed by atoms with Crippen LogP contribution in [0.15, 0.2) is 42.1 Å². The van der Waals surface area contributed by atoms with Crippen LogP contribution in [0.5, 0.6) is 0 Å². The van der Waals surface area contributed by atoms with Gasteiger partial charge in [0.2, 0.25) is 5.91 Å². The van der Waals surface area contributed by atoms with Crippen LogP contribution in [0.2, 0.25) is 0 Å². The summed E-state index contributed by atoms with van der Waals surface area (Å²) < 4.78 is 93.3. The Hall–Kier alpha value is -3.09. The van der Waals surface area contributed by atoms with E-state index in [-0.39, 0.29) is 23.9 Å². The standard InChI is InChI=1S/C19H17F7N4O2/c1-11(31)30-15-5-4-14(17(20,18(21,22)23)19(24,25)26)7-13(15)10-29(16(30)32)28-9-12-3-2-6-27-8-12/h2-5,7-8,27-28H,6,9-10H2,1H3. The van der Waals surface area contributed by atoms with Crippen molar-refractivity contribution < 1.29 is 40.3 Å². The number of fused-ring (bicyclic) bond motifs is 1. The monoisotopic (exact) mass is 466 g/mol. The minimum absolute atomic E-state index is 0.0637. The first kappa shape index (κ1) is 23.6. The SMILES string of the molecule is CC(=O)N1C(=O)N(NCC2=CNCC=C2)Cc2cc(C(F)(C(F)(F)F)C(F)(F)F)ccc21. The topological polar surface area (TPSA) is 64.7 Å². The smallest absolute Gasteiger partial charge is 0.387 e. The molecule has 6 nitrogen and oxygen atoms in total. The van der Waals surface area contributed by atoms with Gasteiger partial charge in [0, 0.05) is 31.8 Å². The van der Waals surface area contributed by atoms with Gasteiger partial charge in [-0.05, 0) is 23.3 Å². The van der Waals surface area contributed by atoms with Crippen molar-refractivity contribution in [2.45, 2.75) is 31.5 Å². The van der Waals surface area contributed by atoms with Crippen molar-refractivity contribution in [3.8, 4) is 0 Å². The number of hydrogen-bond acceptors (Lipinski definition) is 4. The molecule has 0 saturated carbocycles. The first-order valence-electron chi connectivity index (χ1n) is 9.18. The van der Waals surface area contributed by atoms with Crippen LogP contribution in [0.1, 0.15) is 18.1 Å². The maximum atomic E-state index is 14.5. The number of halogens is 7. The number of urea groups is 1. The fourth-order valence-corrected chi connectivity index (χ4v) is 3.34. The summed E-state index contributed by atoms with van der Waals surface area (Å²) in [6, 6.07) is 0.456. The summed E-state index contributed by atoms with van der Waals surface area (Å²) in [6.07, 6.45) is -7.41. The van der Waals surface area contributed by atoms with Crippen molar-refractivity contribution in [2.75, 3.05) is 18.0 Å². The Morgan fingerprint density at radius 2 is 1.78 bits per heavy atom. The first-order chi connectivity index (χ1) is 14.8. The molecule has 13 heteroatoms. The molecular formula is C19H17F7N4O2. The van der Waals surface area contributed by atoms with Gasteiger partial charge in [-0.3, -0.25) is 9.80 Å². The third-order valence-corrected chi connectivity index (χ3v) is 4.89. The number of amides is 3. The van der Waals surface area contributed by atoms with E-state index in [0.717, 1.165) is 11.9 Å². The Kier molecular flexibility index (Phi) is 5.98. The first-order valence-corrected chi connectivity index (χ1v) is 9.18. The normalized spacial score (nSPS) is 17.1. The Morgan fingerprint density at radius 3 is 2.31 bits per heavy atom. The molecule has 0 unspecified atom stereocenters. The lowest BCUT2D eigenvalue weighted by Gasteiger charge is -2.37. The predicted molar refractivity (Wildman–Crippen MR) is 98.7 cm³/mol. The number of carbonyl (C=O) groups excluding carboxylic acids is 2.